The van der Waals surface area contributed by atoms with E-state index in [4.69, 9.17) is 9.47 Å². The van der Waals surface area contributed by atoms with Crippen LogP contribution in [-0.4, -0.2) is 23.2 Å². The smallest absolute Gasteiger partial charge is 0.186 e. The van der Waals surface area contributed by atoms with Gasteiger partial charge in [-0.1, -0.05) is 6.92 Å². The first-order valence-electron chi connectivity index (χ1n) is 7.72. The van der Waals surface area contributed by atoms with Crippen LogP contribution in [0.2, 0.25) is 0 Å². The predicted octanol–water partition coefficient (Wildman–Crippen LogP) is 3.12. The monoisotopic (exact) mass is 317 g/mol. The molecule has 23 heavy (non-hydrogen) atoms. The first-order valence-corrected chi connectivity index (χ1v) is 7.72. The van der Waals surface area contributed by atoms with E-state index in [0.717, 1.165) is 29.0 Å². The van der Waals surface area contributed by atoms with Crippen molar-refractivity contribution in [3.05, 3.63) is 41.1 Å². The molecule has 2 heterocycles. The predicted molar refractivity (Wildman–Crippen MR) is 85.5 cm³/mol. The van der Waals surface area contributed by atoms with Crippen LogP contribution in [0.4, 0.5) is 10.2 Å². The second kappa shape index (κ2) is 6.40. The van der Waals surface area contributed by atoms with E-state index in [-0.39, 0.29) is 11.9 Å². The SMILES string of the molecule is CCc1ncnc(NCc2cc3c(cc2OC)CC(C)O3)c1F. The van der Waals surface area contributed by atoms with Crippen LogP contribution in [0, 0.1) is 5.82 Å². The molecule has 3 rings (SSSR count). The molecule has 1 atom stereocenters. The Morgan fingerprint density at radius 3 is 2.96 bits per heavy atom. The van der Waals surface area contributed by atoms with E-state index >= 15 is 0 Å². The van der Waals surface area contributed by atoms with Crippen molar-refractivity contribution in [3.63, 3.8) is 0 Å². The molecule has 1 unspecified atom stereocenters. The van der Waals surface area contributed by atoms with E-state index < -0.39 is 5.82 Å². The third-order valence-corrected chi connectivity index (χ3v) is 3.94. The molecule has 0 aliphatic carbocycles. The summed E-state index contributed by atoms with van der Waals surface area (Å²) >= 11 is 0. The first kappa shape index (κ1) is 15.5. The Kier molecular flexibility index (Phi) is 4.32. The number of nitrogens with zero attached hydrogens (tertiary/aromatic N) is 2. The summed E-state index contributed by atoms with van der Waals surface area (Å²) in [5.41, 5.74) is 2.44. The molecule has 1 aliphatic heterocycles. The zero-order valence-electron chi connectivity index (χ0n) is 13.5. The average Bonchev–Trinajstić information content (AvgIpc) is 2.91. The van der Waals surface area contributed by atoms with Gasteiger partial charge in [-0.15, -0.1) is 0 Å². The van der Waals surface area contributed by atoms with Crippen molar-refractivity contribution >= 4 is 5.82 Å². The summed E-state index contributed by atoms with van der Waals surface area (Å²) in [5.74, 6) is 1.43. The van der Waals surface area contributed by atoms with Gasteiger partial charge in [0.1, 0.15) is 23.9 Å². The van der Waals surface area contributed by atoms with Gasteiger partial charge in [-0.3, -0.25) is 0 Å². The number of methoxy groups -OCH3 is 1. The van der Waals surface area contributed by atoms with E-state index in [0.29, 0.717) is 18.7 Å². The molecule has 0 saturated carbocycles. The highest BCUT2D eigenvalue weighted by molar-refractivity contribution is 5.50. The zero-order valence-corrected chi connectivity index (χ0v) is 13.5. The van der Waals surface area contributed by atoms with Crippen LogP contribution in [0.3, 0.4) is 0 Å². The normalized spacial score (nSPS) is 15.9. The molecule has 0 spiro atoms. The quantitative estimate of drug-likeness (QED) is 0.918. The summed E-state index contributed by atoms with van der Waals surface area (Å²) in [5, 5.41) is 3.02. The Hall–Kier alpha value is -2.37. The van der Waals surface area contributed by atoms with E-state index in [1.54, 1.807) is 7.11 Å². The molecule has 122 valence electrons. The van der Waals surface area contributed by atoms with Crippen molar-refractivity contribution < 1.29 is 13.9 Å². The van der Waals surface area contributed by atoms with E-state index in [9.17, 15) is 4.39 Å². The number of nitrogens with one attached hydrogen (secondary N) is 1. The number of aryl methyl sites for hydroxylation is 1. The van der Waals surface area contributed by atoms with Crippen molar-refractivity contribution in [2.45, 2.75) is 39.3 Å². The summed E-state index contributed by atoms with van der Waals surface area (Å²) in [6.07, 6.45) is 2.94. The van der Waals surface area contributed by atoms with Crippen LogP contribution in [0.15, 0.2) is 18.5 Å². The molecule has 2 aromatic rings. The number of rotatable bonds is 5. The van der Waals surface area contributed by atoms with Crippen molar-refractivity contribution in [1.82, 2.24) is 9.97 Å². The maximum Gasteiger partial charge on any atom is 0.186 e. The van der Waals surface area contributed by atoms with Crippen LogP contribution >= 0.6 is 0 Å². The van der Waals surface area contributed by atoms with Gasteiger partial charge in [-0.2, -0.15) is 0 Å². The lowest BCUT2D eigenvalue weighted by Gasteiger charge is -2.13. The van der Waals surface area contributed by atoms with Gasteiger partial charge in [0.25, 0.3) is 0 Å². The number of hydrogen-bond donors (Lipinski definition) is 1. The third-order valence-electron chi connectivity index (χ3n) is 3.94. The number of fused-ring (bicyclic) bond motifs is 1. The zero-order chi connectivity index (χ0) is 16.4. The molecule has 1 aliphatic rings. The summed E-state index contributed by atoms with van der Waals surface area (Å²) in [6, 6.07) is 3.94. The lowest BCUT2D eigenvalue weighted by Crippen LogP contribution is -2.08. The van der Waals surface area contributed by atoms with Crippen LogP contribution in [0.5, 0.6) is 11.5 Å². The summed E-state index contributed by atoms with van der Waals surface area (Å²) in [6.45, 7) is 4.29. The Labute approximate surface area is 134 Å². The first-order chi connectivity index (χ1) is 11.1. The second-order valence-electron chi connectivity index (χ2n) is 5.59. The van der Waals surface area contributed by atoms with Gasteiger partial charge in [0.15, 0.2) is 11.6 Å². The largest absolute Gasteiger partial charge is 0.496 e. The molecule has 1 aromatic carbocycles. The maximum atomic E-state index is 14.2. The van der Waals surface area contributed by atoms with Gasteiger partial charge >= 0.3 is 0 Å². The number of aromatic nitrogens is 2. The van der Waals surface area contributed by atoms with Crippen LogP contribution in [0.1, 0.15) is 30.7 Å². The van der Waals surface area contributed by atoms with Gasteiger partial charge in [0, 0.05) is 24.1 Å². The molecular formula is C17H20FN3O2. The van der Waals surface area contributed by atoms with Crippen molar-refractivity contribution in [1.29, 1.82) is 0 Å². The second-order valence-corrected chi connectivity index (χ2v) is 5.59. The van der Waals surface area contributed by atoms with Crippen molar-refractivity contribution in [2.24, 2.45) is 0 Å². The fourth-order valence-electron chi connectivity index (χ4n) is 2.76. The minimum Gasteiger partial charge on any atom is -0.496 e. The van der Waals surface area contributed by atoms with E-state index in [1.165, 1.54) is 6.33 Å². The van der Waals surface area contributed by atoms with Gasteiger partial charge in [0.2, 0.25) is 0 Å². The van der Waals surface area contributed by atoms with Crippen molar-refractivity contribution in [2.75, 3.05) is 12.4 Å². The van der Waals surface area contributed by atoms with Gasteiger partial charge < -0.3 is 14.8 Å². The lowest BCUT2D eigenvalue weighted by molar-refractivity contribution is 0.254. The number of anilines is 1. The highest BCUT2D eigenvalue weighted by Gasteiger charge is 2.21. The highest BCUT2D eigenvalue weighted by Crippen LogP contribution is 2.35. The lowest BCUT2D eigenvalue weighted by atomic mass is 10.1. The number of ether oxygens (including phenoxy) is 2. The van der Waals surface area contributed by atoms with Crippen molar-refractivity contribution in [3.8, 4) is 11.5 Å². The van der Waals surface area contributed by atoms with Gasteiger partial charge in [-0.05, 0) is 25.5 Å². The Morgan fingerprint density at radius 1 is 1.39 bits per heavy atom. The standard InChI is InChI=1S/C17H20FN3O2/c1-4-13-16(18)17(21-9-20-13)19-8-12-7-15-11(5-10(2)23-15)6-14(12)22-3/h6-7,9-10H,4-5,8H2,1-3H3,(H,19,20,21). The Morgan fingerprint density at radius 2 is 2.22 bits per heavy atom. The number of halogens is 1. The summed E-state index contributed by atoms with van der Waals surface area (Å²) < 4.78 is 25.4. The molecule has 1 N–H and O–H groups in total. The van der Waals surface area contributed by atoms with E-state index in [2.05, 4.69) is 15.3 Å². The fourth-order valence-corrected chi connectivity index (χ4v) is 2.76. The van der Waals surface area contributed by atoms with Crippen LogP contribution in [0.25, 0.3) is 0 Å². The Balaban J connectivity index is 1.82. The molecule has 0 radical (unpaired) electrons. The minimum absolute atomic E-state index is 0.171. The van der Waals surface area contributed by atoms with Crippen LogP contribution < -0.4 is 14.8 Å². The average molecular weight is 317 g/mol. The molecule has 6 heteroatoms. The molecule has 0 amide bonds. The molecule has 5 nitrogen and oxygen atoms in total. The summed E-state index contributed by atoms with van der Waals surface area (Å²) in [7, 11) is 1.63. The third kappa shape index (κ3) is 3.06. The van der Waals surface area contributed by atoms with Crippen LogP contribution in [-0.2, 0) is 19.4 Å². The van der Waals surface area contributed by atoms with E-state index in [1.807, 2.05) is 26.0 Å². The number of hydrogen-bond acceptors (Lipinski definition) is 5. The fraction of sp³-hybridized carbons (Fsp3) is 0.412. The molecule has 0 saturated heterocycles. The molecule has 0 bridgehead atoms. The topological polar surface area (TPSA) is 56.3 Å². The highest BCUT2D eigenvalue weighted by atomic mass is 19.1. The minimum atomic E-state index is -0.403. The molecule has 1 aromatic heterocycles. The maximum absolute atomic E-state index is 14.2. The number of benzene rings is 1. The van der Waals surface area contributed by atoms with Gasteiger partial charge in [-0.25, -0.2) is 14.4 Å². The summed E-state index contributed by atoms with van der Waals surface area (Å²) in [4.78, 5) is 7.90. The molecular weight excluding hydrogens is 297 g/mol. The van der Waals surface area contributed by atoms with Gasteiger partial charge in [0.05, 0.1) is 12.8 Å². The Bertz CT molecular complexity index is 721. The molecule has 0 fully saturated rings.